The molecule has 166 valence electrons. The molecule has 32 heavy (non-hydrogen) atoms. The molecule has 8 heteroatoms. The fraction of sp³-hybridized carbons (Fsp3) is 0.208. The van der Waals surface area contributed by atoms with Gasteiger partial charge in [-0.05, 0) is 60.4 Å². The molecule has 2 aromatic carbocycles. The van der Waals surface area contributed by atoms with E-state index >= 15 is 0 Å². The Hall–Kier alpha value is -3.39. The molecule has 0 saturated heterocycles. The molecule has 0 unspecified atom stereocenters. The summed E-state index contributed by atoms with van der Waals surface area (Å²) < 4.78 is 16.9. The van der Waals surface area contributed by atoms with Crippen LogP contribution in [0.3, 0.4) is 0 Å². The van der Waals surface area contributed by atoms with Gasteiger partial charge < -0.3 is 13.9 Å². The zero-order valence-electron chi connectivity index (χ0n) is 17.9. The molecule has 0 saturated carbocycles. The van der Waals surface area contributed by atoms with Gasteiger partial charge in [0.2, 0.25) is 5.76 Å². The van der Waals surface area contributed by atoms with Crippen molar-refractivity contribution >= 4 is 34.0 Å². The van der Waals surface area contributed by atoms with Gasteiger partial charge in [-0.15, -0.1) is 0 Å². The number of nitrogens with zero attached hydrogens (tertiary/aromatic N) is 1. The predicted molar refractivity (Wildman–Crippen MR) is 124 cm³/mol. The molecule has 0 fully saturated rings. The van der Waals surface area contributed by atoms with E-state index in [4.69, 9.17) is 13.9 Å². The second-order valence-electron chi connectivity index (χ2n) is 7.33. The van der Waals surface area contributed by atoms with Crippen molar-refractivity contribution in [3.05, 3.63) is 81.7 Å². The van der Waals surface area contributed by atoms with Crippen LogP contribution >= 0.6 is 15.9 Å². The molecule has 1 aromatic heterocycles. The largest absolute Gasteiger partial charge is 0.483 e. The van der Waals surface area contributed by atoms with Crippen LogP contribution < -0.4 is 14.9 Å². The predicted octanol–water partition coefficient (Wildman–Crippen LogP) is 5.22. The van der Waals surface area contributed by atoms with Crippen LogP contribution in [0.2, 0.25) is 0 Å². The van der Waals surface area contributed by atoms with Crippen molar-refractivity contribution in [2.24, 2.45) is 5.10 Å². The Morgan fingerprint density at radius 1 is 1.16 bits per heavy atom. The number of carbonyl (C=O) groups is 2. The van der Waals surface area contributed by atoms with Crippen molar-refractivity contribution in [3.63, 3.8) is 0 Å². The number of carbonyl (C=O) groups excluding carboxylic acids is 2. The van der Waals surface area contributed by atoms with Crippen LogP contribution in [0.1, 0.15) is 47.0 Å². The van der Waals surface area contributed by atoms with E-state index in [0.717, 1.165) is 15.6 Å². The van der Waals surface area contributed by atoms with Crippen LogP contribution in [0.4, 0.5) is 0 Å². The van der Waals surface area contributed by atoms with Crippen molar-refractivity contribution in [2.45, 2.75) is 26.7 Å². The molecule has 0 radical (unpaired) electrons. The number of furan rings is 1. The van der Waals surface area contributed by atoms with Crippen LogP contribution in [0.5, 0.6) is 11.5 Å². The smallest absolute Gasteiger partial charge is 0.379 e. The minimum absolute atomic E-state index is 0.0816. The quantitative estimate of drug-likeness (QED) is 0.199. The molecule has 1 heterocycles. The van der Waals surface area contributed by atoms with Crippen molar-refractivity contribution in [2.75, 3.05) is 6.61 Å². The molecule has 1 amide bonds. The Labute approximate surface area is 194 Å². The topological polar surface area (TPSA) is 90.1 Å². The summed E-state index contributed by atoms with van der Waals surface area (Å²) in [6.45, 7) is 5.92. The second kappa shape index (κ2) is 10.8. The average Bonchev–Trinajstić information content (AvgIpc) is 3.29. The number of hydrogen-bond donors (Lipinski definition) is 1. The van der Waals surface area contributed by atoms with Gasteiger partial charge in [0.1, 0.15) is 11.5 Å². The zero-order valence-corrected chi connectivity index (χ0v) is 19.5. The lowest BCUT2D eigenvalue weighted by molar-refractivity contribution is -0.123. The number of halogens is 1. The summed E-state index contributed by atoms with van der Waals surface area (Å²) in [4.78, 5) is 24.4. The maximum atomic E-state index is 12.2. The molecule has 1 N–H and O–H groups in total. The molecule has 7 nitrogen and oxygen atoms in total. The van der Waals surface area contributed by atoms with Crippen LogP contribution in [-0.2, 0) is 4.79 Å². The van der Waals surface area contributed by atoms with Crippen molar-refractivity contribution < 1.29 is 23.5 Å². The van der Waals surface area contributed by atoms with Gasteiger partial charge >= 0.3 is 5.97 Å². The fourth-order valence-corrected chi connectivity index (χ4v) is 3.23. The van der Waals surface area contributed by atoms with Crippen LogP contribution in [0.25, 0.3) is 0 Å². The summed E-state index contributed by atoms with van der Waals surface area (Å²) in [6, 6.07) is 14.1. The first-order valence-corrected chi connectivity index (χ1v) is 10.7. The Morgan fingerprint density at radius 3 is 2.69 bits per heavy atom. The van der Waals surface area contributed by atoms with E-state index in [9.17, 15) is 9.59 Å². The van der Waals surface area contributed by atoms with E-state index in [1.807, 2.05) is 25.1 Å². The monoisotopic (exact) mass is 498 g/mol. The normalized spacial score (nSPS) is 11.0. The summed E-state index contributed by atoms with van der Waals surface area (Å²) in [7, 11) is 0. The van der Waals surface area contributed by atoms with Crippen molar-refractivity contribution in [1.29, 1.82) is 0 Å². The fourth-order valence-electron chi connectivity index (χ4n) is 2.85. The molecule has 0 spiro atoms. The van der Waals surface area contributed by atoms with Gasteiger partial charge in [0.15, 0.2) is 6.61 Å². The molecular formula is C24H23BrN2O5. The van der Waals surface area contributed by atoms with Crippen LogP contribution in [0, 0.1) is 6.92 Å². The van der Waals surface area contributed by atoms with E-state index in [-0.39, 0.29) is 24.0 Å². The average molecular weight is 499 g/mol. The lowest BCUT2D eigenvalue weighted by Crippen LogP contribution is -2.25. The number of ether oxygens (including phenoxy) is 2. The minimum atomic E-state index is -0.636. The highest BCUT2D eigenvalue weighted by atomic mass is 79.9. The number of hydrazone groups is 1. The Bertz CT molecular complexity index is 1120. The summed E-state index contributed by atoms with van der Waals surface area (Å²) >= 11 is 3.37. The highest BCUT2D eigenvalue weighted by molar-refractivity contribution is 9.10. The van der Waals surface area contributed by atoms with Crippen molar-refractivity contribution in [3.8, 4) is 11.5 Å². The summed E-state index contributed by atoms with van der Waals surface area (Å²) in [5, 5.41) is 3.96. The molecular weight excluding hydrogens is 476 g/mol. The number of benzene rings is 2. The SMILES string of the molecule is Cc1ccc(C(C)C)c(OCC(=O)NN=Cc2cc(Br)ccc2OC(=O)c2ccco2)c1. The third-order valence-corrected chi connectivity index (χ3v) is 4.93. The number of aryl methyl sites for hydroxylation is 1. The summed E-state index contributed by atoms with van der Waals surface area (Å²) in [5.74, 6) is 0.247. The minimum Gasteiger partial charge on any atom is -0.483 e. The van der Waals surface area contributed by atoms with E-state index in [1.54, 1.807) is 24.3 Å². The van der Waals surface area contributed by atoms with E-state index < -0.39 is 11.9 Å². The van der Waals surface area contributed by atoms with E-state index in [0.29, 0.717) is 11.3 Å². The number of hydrogen-bond acceptors (Lipinski definition) is 6. The Morgan fingerprint density at radius 2 is 1.97 bits per heavy atom. The molecule has 3 aromatic rings. The van der Waals surface area contributed by atoms with Gasteiger partial charge in [-0.1, -0.05) is 41.9 Å². The lowest BCUT2D eigenvalue weighted by Gasteiger charge is -2.14. The highest BCUT2D eigenvalue weighted by Gasteiger charge is 2.14. The summed E-state index contributed by atoms with van der Waals surface area (Å²) in [6.07, 6.45) is 2.78. The zero-order chi connectivity index (χ0) is 23.1. The van der Waals surface area contributed by atoms with E-state index in [1.165, 1.54) is 18.5 Å². The number of nitrogens with one attached hydrogen (secondary N) is 1. The number of esters is 1. The molecule has 0 bridgehead atoms. The third-order valence-electron chi connectivity index (χ3n) is 4.44. The van der Waals surface area contributed by atoms with Gasteiger partial charge in [0, 0.05) is 10.0 Å². The molecule has 0 aliphatic carbocycles. The van der Waals surface area contributed by atoms with Gasteiger partial charge in [0.25, 0.3) is 5.91 Å². The molecule has 3 rings (SSSR count). The number of rotatable bonds is 8. The van der Waals surface area contributed by atoms with Crippen LogP contribution in [-0.4, -0.2) is 24.7 Å². The van der Waals surface area contributed by atoms with E-state index in [2.05, 4.69) is 40.3 Å². The van der Waals surface area contributed by atoms with Crippen molar-refractivity contribution in [1.82, 2.24) is 5.43 Å². The van der Waals surface area contributed by atoms with Crippen LogP contribution in [0.15, 0.2) is 68.8 Å². The first-order chi connectivity index (χ1) is 15.3. The first-order valence-electron chi connectivity index (χ1n) is 9.94. The number of amides is 1. The van der Waals surface area contributed by atoms with Gasteiger partial charge in [-0.2, -0.15) is 5.10 Å². The first kappa shape index (κ1) is 23.3. The maximum Gasteiger partial charge on any atom is 0.379 e. The molecule has 0 aliphatic heterocycles. The summed E-state index contributed by atoms with van der Waals surface area (Å²) in [5.41, 5.74) is 4.99. The molecule has 0 atom stereocenters. The highest BCUT2D eigenvalue weighted by Crippen LogP contribution is 2.27. The standard InChI is InChI=1S/C24H23BrN2O5/c1-15(2)19-8-6-16(3)11-22(19)31-14-23(28)27-26-13-17-12-18(25)7-9-20(17)32-24(29)21-5-4-10-30-21/h4-13,15H,14H2,1-3H3,(H,27,28). The molecule has 0 aliphatic rings. The lowest BCUT2D eigenvalue weighted by atomic mass is 10.0. The third kappa shape index (κ3) is 6.31. The van der Waals surface area contributed by atoms with Gasteiger partial charge in [0.05, 0.1) is 12.5 Å². The second-order valence-corrected chi connectivity index (χ2v) is 8.24. The Kier molecular flexibility index (Phi) is 7.83. The van der Waals surface area contributed by atoms with Gasteiger partial charge in [-0.25, -0.2) is 10.2 Å². The maximum absolute atomic E-state index is 12.2. The van der Waals surface area contributed by atoms with Gasteiger partial charge in [-0.3, -0.25) is 4.79 Å². The Balaban J connectivity index is 1.62.